The van der Waals surface area contributed by atoms with Gasteiger partial charge in [-0.3, -0.25) is 14.2 Å². The monoisotopic (exact) mass is 354 g/mol. The SMILES string of the molecule is COc1cccc2c(=O)n(Cc3ccccc3)c(SCC(C)=O)nc12. The Morgan fingerprint density at radius 2 is 1.92 bits per heavy atom. The van der Waals surface area contributed by atoms with Crippen LogP contribution in [-0.4, -0.2) is 28.2 Å². The van der Waals surface area contributed by atoms with Crippen LogP contribution in [0, 0.1) is 0 Å². The van der Waals surface area contributed by atoms with Gasteiger partial charge < -0.3 is 4.74 Å². The van der Waals surface area contributed by atoms with Gasteiger partial charge in [0, 0.05) is 0 Å². The summed E-state index contributed by atoms with van der Waals surface area (Å²) in [5.74, 6) is 0.846. The number of aromatic nitrogens is 2. The second-order valence-corrected chi connectivity index (χ2v) is 6.56. The summed E-state index contributed by atoms with van der Waals surface area (Å²) in [6.07, 6.45) is 0. The zero-order chi connectivity index (χ0) is 17.8. The first-order chi connectivity index (χ1) is 12.1. The fourth-order valence-electron chi connectivity index (χ4n) is 2.55. The lowest BCUT2D eigenvalue weighted by Crippen LogP contribution is -2.24. The maximum Gasteiger partial charge on any atom is 0.262 e. The molecular weight excluding hydrogens is 336 g/mol. The van der Waals surface area contributed by atoms with Gasteiger partial charge in [-0.1, -0.05) is 48.2 Å². The number of thioether (sulfide) groups is 1. The van der Waals surface area contributed by atoms with Gasteiger partial charge in [0.2, 0.25) is 0 Å². The molecule has 0 saturated heterocycles. The molecule has 5 nitrogen and oxygen atoms in total. The predicted octanol–water partition coefficient (Wildman–Crippen LogP) is 3.13. The highest BCUT2D eigenvalue weighted by Gasteiger charge is 2.15. The summed E-state index contributed by atoms with van der Waals surface area (Å²) < 4.78 is 6.95. The van der Waals surface area contributed by atoms with Crippen LogP contribution in [0.5, 0.6) is 5.75 Å². The van der Waals surface area contributed by atoms with Gasteiger partial charge >= 0.3 is 0 Å². The molecule has 0 aliphatic heterocycles. The third-order valence-electron chi connectivity index (χ3n) is 3.72. The summed E-state index contributed by atoms with van der Waals surface area (Å²) in [5, 5.41) is 1.02. The molecule has 1 heterocycles. The van der Waals surface area contributed by atoms with E-state index in [0.29, 0.717) is 28.4 Å². The van der Waals surface area contributed by atoms with Gasteiger partial charge in [-0.15, -0.1) is 0 Å². The molecule has 0 fully saturated rings. The van der Waals surface area contributed by atoms with E-state index in [1.165, 1.54) is 18.7 Å². The molecule has 0 spiro atoms. The molecule has 0 atom stereocenters. The molecule has 25 heavy (non-hydrogen) atoms. The van der Waals surface area contributed by atoms with Crippen molar-refractivity contribution in [2.45, 2.75) is 18.6 Å². The molecule has 2 aromatic carbocycles. The number of ether oxygens (including phenoxy) is 1. The lowest BCUT2D eigenvalue weighted by atomic mass is 10.2. The highest BCUT2D eigenvalue weighted by molar-refractivity contribution is 7.99. The lowest BCUT2D eigenvalue weighted by molar-refractivity contribution is -0.114. The molecule has 0 aliphatic carbocycles. The maximum atomic E-state index is 13.0. The highest BCUT2D eigenvalue weighted by Crippen LogP contribution is 2.25. The molecule has 0 saturated carbocycles. The summed E-state index contributed by atoms with van der Waals surface area (Å²) in [6.45, 7) is 1.92. The van der Waals surface area contributed by atoms with Gasteiger partial charge in [-0.25, -0.2) is 4.98 Å². The fraction of sp³-hybridized carbons (Fsp3) is 0.211. The van der Waals surface area contributed by atoms with Crippen LogP contribution in [0.2, 0.25) is 0 Å². The van der Waals surface area contributed by atoms with Crippen LogP contribution in [0.25, 0.3) is 10.9 Å². The molecule has 128 valence electrons. The second kappa shape index (κ2) is 7.53. The number of para-hydroxylation sites is 1. The number of methoxy groups -OCH3 is 1. The topological polar surface area (TPSA) is 61.2 Å². The molecule has 0 aliphatic rings. The van der Waals surface area contributed by atoms with E-state index in [9.17, 15) is 9.59 Å². The number of ketones is 1. The van der Waals surface area contributed by atoms with E-state index in [2.05, 4.69) is 4.98 Å². The third kappa shape index (κ3) is 3.74. The summed E-state index contributed by atoms with van der Waals surface area (Å²) >= 11 is 1.27. The first-order valence-corrected chi connectivity index (χ1v) is 8.82. The van der Waals surface area contributed by atoms with Gasteiger partial charge in [0.25, 0.3) is 5.56 Å². The number of hydrogen-bond donors (Lipinski definition) is 0. The molecule has 0 amide bonds. The first kappa shape index (κ1) is 17.2. The molecular formula is C19H18N2O3S. The average Bonchev–Trinajstić information content (AvgIpc) is 2.63. The van der Waals surface area contributed by atoms with Crippen LogP contribution in [0.1, 0.15) is 12.5 Å². The Kier molecular flexibility index (Phi) is 5.19. The molecule has 0 radical (unpaired) electrons. The summed E-state index contributed by atoms with van der Waals surface area (Å²) in [5.41, 5.74) is 1.38. The van der Waals surface area contributed by atoms with Gasteiger partial charge in [-0.05, 0) is 24.6 Å². The standard InChI is InChI=1S/C19H18N2O3S/c1-13(22)12-25-19-20-17-15(9-6-10-16(17)24-2)18(23)21(19)11-14-7-4-3-5-8-14/h3-10H,11-12H2,1-2H3. The number of benzene rings is 2. The number of fused-ring (bicyclic) bond motifs is 1. The van der Waals surface area contributed by atoms with Crippen LogP contribution in [0.4, 0.5) is 0 Å². The number of nitrogens with zero attached hydrogens (tertiary/aromatic N) is 2. The van der Waals surface area contributed by atoms with Crippen molar-refractivity contribution < 1.29 is 9.53 Å². The van der Waals surface area contributed by atoms with Crippen molar-refractivity contribution in [2.75, 3.05) is 12.9 Å². The molecule has 0 unspecified atom stereocenters. The minimum atomic E-state index is -0.140. The van der Waals surface area contributed by atoms with E-state index in [0.717, 1.165) is 5.56 Å². The van der Waals surface area contributed by atoms with Crippen molar-refractivity contribution in [1.82, 2.24) is 9.55 Å². The molecule has 0 N–H and O–H groups in total. The molecule has 0 bridgehead atoms. The van der Waals surface area contributed by atoms with Crippen LogP contribution in [-0.2, 0) is 11.3 Å². The summed E-state index contributed by atoms with van der Waals surface area (Å²) in [6, 6.07) is 15.0. The number of Topliss-reactive ketones (excluding diaryl/α,β-unsaturated/α-hetero) is 1. The van der Waals surface area contributed by atoms with E-state index in [4.69, 9.17) is 4.74 Å². The quantitative estimate of drug-likeness (QED) is 0.503. The van der Waals surface area contributed by atoms with E-state index in [1.807, 2.05) is 30.3 Å². The summed E-state index contributed by atoms with van der Waals surface area (Å²) in [4.78, 5) is 29.1. The smallest absolute Gasteiger partial charge is 0.262 e. The Balaban J connectivity index is 2.17. The average molecular weight is 354 g/mol. The number of rotatable bonds is 6. The highest BCUT2D eigenvalue weighted by atomic mass is 32.2. The van der Waals surface area contributed by atoms with E-state index < -0.39 is 0 Å². The Morgan fingerprint density at radius 1 is 1.16 bits per heavy atom. The molecule has 3 rings (SSSR count). The zero-order valence-electron chi connectivity index (χ0n) is 14.1. The lowest BCUT2D eigenvalue weighted by Gasteiger charge is -2.14. The molecule has 3 aromatic rings. The van der Waals surface area contributed by atoms with Crippen molar-refractivity contribution in [3.63, 3.8) is 0 Å². The normalized spacial score (nSPS) is 10.8. The largest absolute Gasteiger partial charge is 0.494 e. The molecule has 6 heteroatoms. The van der Waals surface area contributed by atoms with Gasteiger partial charge in [0.1, 0.15) is 17.0 Å². The van der Waals surface area contributed by atoms with Crippen LogP contribution >= 0.6 is 11.8 Å². The van der Waals surface area contributed by atoms with E-state index in [1.54, 1.807) is 29.9 Å². The Bertz CT molecular complexity index is 968. The first-order valence-electron chi connectivity index (χ1n) is 7.84. The number of carbonyl (C=O) groups excluding carboxylic acids is 1. The Morgan fingerprint density at radius 3 is 2.60 bits per heavy atom. The minimum Gasteiger partial charge on any atom is -0.494 e. The second-order valence-electron chi connectivity index (χ2n) is 5.62. The van der Waals surface area contributed by atoms with Gasteiger partial charge in [0.05, 0.1) is 24.8 Å². The van der Waals surface area contributed by atoms with Crippen molar-refractivity contribution in [2.24, 2.45) is 0 Å². The fourth-order valence-corrected chi connectivity index (χ4v) is 3.34. The summed E-state index contributed by atoms with van der Waals surface area (Å²) in [7, 11) is 1.55. The Hall–Kier alpha value is -2.60. The van der Waals surface area contributed by atoms with E-state index >= 15 is 0 Å². The van der Waals surface area contributed by atoms with Gasteiger partial charge in [0.15, 0.2) is 5.16 Å². The van der Waals surface area contributed by atoms with Crippen molar-refractivity contribution in [3.8, 4) is 5.75 Å². The number of carbonyl (C=O) groups is 1. The molecule has 1 aromatic heterocycles. The van der Waals surface area contributed by atoms with Crippen LogP contribution in [0.3, 0.4) is 0 Å². The Labute approximate surface area is 149 Å². The van der Waals surface area contributed by atoms with Gasteiger partial charge in [-0.2, -0.15) is 0 Å². The van der Waals surface area contributed by atoms with Crippen molar-refractivity contribution in [3.05, 3.63) is 64.4 Å². The number of hydrogen-bond acceptors (Lipinski definition) is 5. The van der Waals surface area contributed by atoms with Crippen molar-refractivity contribution in [1.29, 1.82) is 0 Å². The van der Waals surface area contributed by atoms with Crippen LogP contribution < -0.4 is 10.3 Å². The van der Waals surface area contributed by atoms with Crippen LogP contribution in [0.15, 0.2) is 58.5 Å². The van der Waals surface area contributed by atoms with Crippen molar-refractivity contribution >= 4 is 28.4 Å². The predicted molar refractivity (Wildman–Crippen MR) is 99.5 cm³/mol. The zero-order valence-corrected chi connectivity index (χ0v) is 14.9. The van der Waals surface area contributed by atoms with E-state index in [-0.39, 0.29) is 17.1 Å². The minimum absolute atomic E-state index is 0.0330. The third-order valence-corrected chi connectivity index (χ3v) is 4.84. The maximum absolute atomic E-state index is 13.0.